The first kappa shape index (κ1) is 14.6. The fourth-order valence-electron chi connectivity index (χ4n) is 2.77. The van der Waals surface area contributed by atoms with Crippen LogP contribution in [0.2, 0.25) is 0 Å². The van der Waals surface area contributed by atoms with E-state index in [0.29, 0.717) is 0 Å². The Hall–Kier alpha value is -2.29. The summed E-state index contributed by atoms with van der Waals surface area (Å²) >= 11 is 0. The van der Waals surface area contributed by atoms with E-state index in [9.17, 15) is 0 Å². The molecule has 0 saturated carbocycles. The number of hydrogen-bond donors (Lipinski definition) is 1. The summed E-state index contributed by atoms with van der Waals surface area (Å²) in [6.45, 7) is 4.97. The van der Waals surface area contributed by atoms with Gasteiger partial charge in [-0.3, -0.25) is 4.99 Å². The molecule has 114 valence electrons. The largest absolute Gasteiger partial charge is 0.365 e. The first-order valence-corrected chi connectivity index (χ1v) is 8.05. The zero-order valence-electron chi connectivity index (χ0n) is 13.1. The van der Waals surface area contributed by atoms with Crippen LogP contribution in [-0.4, -0.2) is 18.9 Å². The molecule has 0 spiro atoms. The molecule has 1 aliphatic heterocycles. The van der Waals surface area contributed by atoms with E-state index < -0.39 is 0 Å². The van der Waals surface area contributed by atoms with Crippen LogP contribution < -0.4 is 10.2 Å². The molecular weight excluding hydrogens is 270 g/mol. The van der Waals surface area contributed by atoms with Crippen molar-refractivity contribution >= 4 is 17.2 Å². The number of hydrogen-bond acceptors (Lipinski definition) is 2. The Kier molecular flexibility index (Phi) is 4.74. The van der Waals surface area contributed by atoms with Gasteiger partial charge in [-0.2, -0.15) is 0 Å². The highest BCUT2D eigenvalue weighted by Crippen LogP contribution is 2.29. The third kappa shape index (κ3) is 3.48. The van der Waals surface area contributed by atoms with Crippen molar-refractivity contribution in [2.75, 3.05) is 23.3 Å². The molecule has 1 heterocycles. The smallest absolute Gasteiger partial charge is 0.102 e. The summed E-state index contributed by atoms with van der Waals surface area (Å²) in [4.78, 5) is 7.12. The highest BCUT2D eigenvalue weighted by atomic mass is 15.2. The van der Waals surface area contributed by atoms with E-state index >= 15 is 0 Å². The van der Waals surface area contributed by atoms with Crippen LogP contribution in [0.15, 0.2) is 59.6 Å². The summed E-state index contributed by atoms with van der Waals surface area (Å²) in [7, 11) is 0. The van der Waals surface area contributed by atoms with E-state index in [-0.39, 0.29) is 0 Å². The number of fused-ring (bicyclic) bond motifs is 1. The number of anilines is 2. The van der Waals surface area contributed by atoms with Crippen molar-refractivity contribution in [1.29, 1.82) is 0 Å². The van der Waals surface area contributed by atoms with Crippen LogP contribution in [0.3, 0.4) is 0 Å². The SMILES string of the molecule is CCCN=C1CCN(Cc2ccccc2)c2ccccc2N1. The van der Waals surface area contributed by atoms with Gasteiger partial charge in [-0.1, -0.05) is 49.4 Å². The second-order valence-electron chi connectivity index (χ2n) is 5.63. The average Bonchev–Trinajstić information content (AvgIpc) is 2.74. The Bertz CT molecular complexity index is 634. The lowest BCUT2D eigenvalue weighted by molar-refractivity contribution is 0.809. The molecule has 2 aromatic carbocycles. The Morgan fingerprint density at radius 3 is 2.64 bits per heavy atom. The molecule has 3 nitrogen and oxygen atoms in total. The Labute approximate surface area is 132 Å². The molecule has 0 amide bonds. The lowest BCUT2D eigenvalue weighted by Crippen LogP contribution is -2.24. The maximum Gasteiger partial charge on any atom is 0.102 e. The predicted octanol–water partition coefficient (Wildman–Crippen LogP) is 4.32. The summed E-state index contributed by atoms with van der Waals surface area (Å²) in [5, 5.41) is 3.52. The number of para-hydroxylation sites is 2. The van der Waals surface area contributed by atoms with E-state index in [1.165, 1.54) is 11.3 Å². The minimum atomic E-state index is 0.892. The minimum Gasteiger partial charge on any atom is -0.365 e. The molecule has 0 aromatic heterocycles. The molecule has 0 atom stereocenters. The van der Waals surface area contributed by atoms with E-state index in [0.717, 1.165) is 44.0 Å². The highest BCUT2D eigenvalue weighted by molar-refractivity contribution is 5.99. The molecule has 0 fully saturated rings. The van der Waals surface area contributed by atoms with Crippen molar-refractivity contribution in [2.24, 2.45) is 4.99 Å². The van der Waals surface area contributed by atoms with Gasteiger partial charge >= 0.3 is 0 Å². The molecule has 0 bridgehead atoms. The molecule has 0 aliphatic carbocycles. The summed E-state index contributed by atoms with van der Waals surface area (Å²) in [5.41, 5.74) is 3.75. The van der Waals surface area contributed by atoms with Gasteiger partial charge in [0.25, 0.3) is 0 Å². The van der Waals surface area contributed by atoms with E-state index in [2.05, 4.69) is 76.7 Å². The van der Waals surface area contributed by atoms with Crippen LogP contribution in [0.5, 0.6) is 0 Å². The fraction of sp³-hybridized carbons (Fsp3) is 0.316. The normalized spacial score (nSPS) is 16.0. The predicted molar refractivity (Wildman–Crippen MR) is 94.8 cm³/mol. The van der Waals surface area contributed by atoms with Gasteiger partial charge in [-0.25, -0.2) is 0 Å². The second kappa shape index (κ2) is 7.12. The van der Waals surface area contributed by atoms with Crippen LogP contribution in [0.1, 0.15) is 25.3 Å². The zero-order chi connectivity index (χ0) is 15.2. The van der Waals surface area contributed by atoms with Crippen molar-refractivity contribution in [3.8, 4) is 0 Å². The number of nitrogens with zero attached hydrogens (tertiary/aromatic N) is 2. The maximum atomic E-state index is 4.68. The van der Waals surface area contributed by atoms with Crippen LogP contribution >= 0.6 is 0 Å². The van der Waals surface area contributed by atoms with Crippen molar-refractivity contribution < 1.29 is 0 Å². The lowest BCUT2D eigenvalue weighted by Gasteiger charge is -2.24. The van der Waals surface area contributed by atoms with Crippen LogP contribution in [0, 0.1) is 0 Å². The number of benzene rings is 2. The Morgan fingerprint density at radius 1 is 1.05 bits per heavy atom. The van der Waals surface area contributed by atoms with Gasteiger partial charge in [0.15, 0.2) is 0 Å². The van der Waals surface area contributed by atoms with Gasteiger partial charge in [0.1, 0.15) is 5.84 Å². The Morgan fingerprint density at radius 2 is 1.82 bits per heavy atom. The molecule has 22 heavy (non-hydrogen) atoms. The number of nitrogens with one attached hydrogen (secondary N) is 1. The Balaban J connectivity index is 1.86. The minimum absolute atomic E-state index is 0.892. The van der Waals surface area contributed by atoms with Gasteiger partial charge in [0, 0.05) is 26.1 Å². The number of rotatable bonds is 4. The zero-order valence-corrected chi connectivity index (χ0v) is 13.1. The first-order valence-electron chi connectivity index (χ1n) is 8.05. The van der Waals surface area contributed by atoms with Crippen molar-refractivity contribution in [3.63, 3.8) is 0 Å². The van der Waals surface area contributed by atoms with Crippen molar-refractivity contribution in [3.05, 3.63) is 60.2 Å². The van der Waals surface area contributed by atoms with E-state index in [1.54, 1.807) is 0 Å². The van der Waals surface area contributed by atoms with E-state index in [4.69, 9.17) is 0 Å². The van der Waals surface area contributed by atoms with E-state index in [1.807, 2.05) is 0 Å². The molecular formula is C19H23N3. The van der Waals surface area contributed by atoms with Crippen molar-refractivity contribution in [1.82, 2.24) is 0 Å². The van der Waals surface area contributed by atoms with Gasteiger partial charge in [0.05, 0.1) is 11.4 Å². The number of aliphatic imine (C=N–C) groups is 1. The molecule has 3 rings (SSSR count). The molecule has 0 saturated heterocycles. The standard InChI is InChI=1S/C19H23N3/c1-2-13-20-19-12-14-22(15-16-8-4-3-5-9-16)18-11-7-6-10-17(18)21-19/h3-11H,2,12-15H2,1H3,(H,20,21). The topological polar surface area (TPSA) is 27.6 Å². The summed E-state index contributed by atoms with van der Waals surface area (Å²) in [6.07, 6.45) is 2.04. The monoisotopic (exact) mass is 293 g/mol. The third-order valence-corrected chi connectivity index (χ3v) is 3.88. The molecule has 2 aromatic rings. The fourth-order valence-corrected chi connectivity index (χ4v) is 2.77. The highest BCUT2D eigenvalue weighted by Gasteiger charge is 2.17. The van der Waals surface area contributed by atoms with Crippen LogP contribution in [-0.2, 0) is 6.54 Å². The lowest BCUT2D eigenvalue weighted by atomic mass is 10.2. The number of amidine groups is 1. The summed E-state index contributed by atoms with van der Waals surface area (Å²) < 4.78 is 0. The molecule has 0 radical (unpaired) electrons. The molecule has 1 aliphatic rings. The van der Waals surface area contributed by atoms with Gasteiger partial charge in [-0.05, 0) is 24.1 Å². The molecule has 3 heteroatoms. The van der Waals surface area contributed by atoms with Crippen molar-refractivity contribution in [2.45, 2.75) is 26.3 Å². The van der Waals surface area contributed by atoms with Crippen LogP contribution in [0.25, 0.3) is 0 Å². The van der Waals surface area contributed by atoms with Gasteiger partial charge in [-0.15, -0.1) is 0 Å². The quantitative estimate of drug-likeness (QED) is 0.909. The first-order chi connectivity index (χ1) is 10.9. The van der Waals surface area contributed by atoms with Gasteiger partial charge in [0.2, 0.25) is 0 Å². The third-order valence-electron chi connectivity index (χ3n) is 3.88. The molecule has 0 unspecified atom stereocenters. The maximum absolute atomic E-state index is 4.68. The average molecular weight is 293 g/mol. The molecule has 1 N–H and O–H groups in total. The van der Waals surface area contributed by atoms with Crippen LogP contribution in [0.4, 0.5) is 11.4 Å². The second-order valence-corrected chi connectivity index (χ2v) is 5.63. The van der Waals surface area contributed by atoms with Gasteiger partial charge < -0.3 is 10.2 Å². The summed E-state index contributed by atoms with van der Waals surface area (Å²) in [5.74, 6) is 1.10. The summed E-state index contributed by atoms with van der Waals surface area (Å²) in [6, 6.07) is 19.2.